The van der Waals surface area contributed by atoms with Crippen LogP contribution in [0.5, 0.6) is 0 Å². The summed E-state index contributed by atoms with van der Waals surface area (Å²) in [4.78, 5) is 17.4. The van der Waals surface area contributed by atoms with Gasteiger partial charge in [-0.25, -0.2) is 13.4 Å². The number of aromatic nitrogens is 2. The van der Waals surface area contributed by atoms with Crippen LogP contribution < -0.4 is 5.32 Å². The van der Waals surface area contributed by atoms with Gasteiger partial charge in [-0.1, -0.05) is 16.9 Å². The average molecular weight is 459 g/mol. The van der Waals surface area contributed by atoms with Gasteiger partial charge in [0.25, 0.3) is 5.91 Å². The van der Waals surface area contributed by atoms with Crippen LogP contribution >= 0.6 is 11.8 Å². The van der Waals surface area contributed by atoms with Crippen LogP contribution in [0.4, 0.5) is 5.69 Å². The molecule has 1 aliphatic heterocycles. The number of nitrogens with zero attached hydrogens (tertiary/aromatic N) is 3. The molecule has 162 valence electrons. The van der Waals surface area contributed by atoms with E-state index in [4.69, 9.17) is 4.52 Å². The Labute approximate surface area is 185 Å². The molecule has 0 aliphatic carbocycles. The molecule has 1 saturated heterocycles. The first kappa shape index (κ1) is 21.5. The van der Waals surface area contributed by atoms with Gasteiger partial charge >= 0.3 is 0 Å². The summed E-state index contributed by atoms with van der Waals surface area (Å²) in [5.74, 6) is 0.935. The number of nitrogens with one attached hydrogen (secondary N) is 1. The van der Waals surface area contributed by atoms with Crippen molar-refractivity contribution in [2.75, 3.05) is 18.4 Å². The largest absolute Gasteiger partial charge is 0.361 e. The van der Waals surface area contributed by atoms with E-state index in [1.54, 1.807) is 30.5 Å². The molecule has 2 aromatic heterocycles. The summed E-state index contributed by atoms with van der Waals surface area (Å²) in [5.41, 5.74) is 1.72. The summed E-state index contributed by atoms with van der Waals surface area (Å²) >= 11 is 1.39. The molecule has 0 radical (unpaired) electrons. The number of hydrogen-bond donors (Lipinski definition) is 1. The molecule has 10 heteroatoms. The van der Waals surface area contributed by atoms with Gasteiger partial charge in [0.15, 0.2) is 0 Å². The minimum Gasteiger partial charge on any atom is -0.361 e. The van der Waals surface area contributed by atoms with E-state index in [-0.39, 0.29) is 10.8 Å². The lowest BCUT2D eigenvalue weighted by atomic mass is 10.2. The number of benzene rings is 1. The van der Waals surface area contributed by atoms with Crippen molar-refractivity contribution in [3.63, 3.8) is 0 Å². The highest BCUT2D eigenvalue weighted by atomic mass is 32.2. The third-order valence-corrected chi connectivity index (χ3v) is 7.82. The normalized spacial score (nSPS) is 14.6. The molecule has 1 aromatic carbocycles. The summed E-state index contributed by atoms with van der Waals surface area (Å²) < 4.78 is 31.8. The molecular formula is C21H22N4O4S2. The van der Waals surface area contributed by atoms with E-state index in [9.17, 15) is 13.2 Å². The molecular weight excluding hydrogens is 436 g/mol. The predicted molar refractivity (Wildman–Crippen MR) is 117 cm³/mol. The fraction of sp³-hybridized carbons (Fsp3) is 0.286. The van der Waals surface area contributed by atoms with Crippen LogP contribution in [0, 0.1) is 6.92 Å². The summed E-state index contributed by atoms with van der Waals surface area (Å²) in [6, 6.07) is 11.5. The first-order valence-corrected chi connectivity index (χ1v) is 12.3. The maximum atomic E-state index is 12.8. The van der Waals surface area contributed by atoms with Gasteiger partial charge in [0.1, 0.15) is 10.8 Å². The molecule has 1 aliphatic rings. The number of carbonyl (C=O) groups is 1. The van der Waals surface area contributed by atoms with E-state index in [2.05, 4.69) is 15.5 Å². The van der Waals surface area contributed by atoms with Crippen LogP contribution in [0.1, 0.15) is 34.7 Å². The lowest BCUT2D eigenvalue weighted by Crippen LogP contribution is -2.27. The monoisotopic (exact) mass is 458 g/mol. The van der Waals surface area contributed by atoms with E-state index in [1.165, 1.54) is 28.2 Å². The molecule has 4 rings (SSSR count). The summed E-state index contributed by atoms with van der Waals surface area (Å²) in [6.07, 6.45) is 3.40. The highest BCUT2D eigenvalue weighted by molar-refractivity contribution is 7.98. The van der Waals surface area contributed by atoms with Gasteiger partial charge in [-0.3, -0.25) is 4.79 Å². The van der Waals surface area contributed by atoms with E-state index in [1.807, 2.05) is 13.0 Å². The molecule has 0 atom stereocenters. The molecule has 0 spiro atoms. The Morgan fingerprint density at radius 1 is 1.19 bits per heavy atom. The number of pyridine rings is 1. The van der Waals surface area contributed by atoms with Crippen molar-refractivity contribution in [2.24, 2.45) is 0 Å². The fourth-order valence-corrected chi connectivity index (χ4v) is 5.68. The van der Waals surface area contributed by atoms with Crippen LogP contribution in [-0.2, 0) is 15.8 Å². The number of hydrogen-bond acceptors (Lipinski definition) is 7. The third-order valence-electron chi connectivity index (χ3n) is 4.86. The van der Waals surface area contributed by atoms with Crippen LogP contribution in [-0.4, -0.2) is 41.9 Å². The average Bonchev–Trinajstić information content (AvgIpc) is 3.45. The summed E-state index contributed by atoms with van der Waals surface area (Å²) in [7, 11) is -3.48. The standard InChI is InChI=1S/C21H22N4O4S2/c1-15-13-17(24-29-15)14-30-21-19(5-4-10-22-21)20(26)23-16-6-8-18(9-7-16)31(27,28)25-11-2-3-12-25/h4-10,13H,2-3,11-12,14H2,1H3,(H,23,26). The zero-order valence-corrected chi connectivity index (χ0v) is 18.6. The van der Waals surface area contributed by atoms with Gasteiger partial charge in [-0.15, -0.1) is 0 Å². The lowest BCUT2D eigenvalue weighted by Gasteiger charge is -2.15. The van der Waals surface area contributed by atoms with Gasteiger partial charge in [0.2, 0.25) is 10.0 Å². The van der Waals surface area contributed by atoms with Gasteiger partial charge in [0.05, 0.1) is 16.2 Å². The smallest absolute Gasteiger partial charge is 0.258 e. The van der Waals surface area contributed by atoms with Crippen molar-refractivity contribution in [2.45, 2.75) is 35.4 Å². The Morgan fingerprint density at radius 2 is 1.94 bits per heavy atom. The molecule has 1 N–H and O–H groups in total. The van der Waals surface area contributed by atoms with Crippen molar-refractivity contribution in [3.8, 4) is 0 Å². The van der Waals surface area contributed by atoms with Gasteiger partial charge < -0.3 is 9.84 Å². The zero-order valence-electron chi connectivity index (χ0n) is 16.9. The minimum absolute atomic E-state index is 0.230. The second-order valence-electron chi connectivity index (χ2n) is 7.16. The van der Waals surface area contributed by atoms with Crippen molar-refractivity contribution in [1.29, 1.82) is 0 Å². The number of thioether (sulfide) groups is 1. The van der Waals surface area contributed by atoms with E-state index in [0.29, 0.717) is 35.1 Å². The van der Waals surface area contributed by atoms with Gasteiger partial charge in [-0.05, 0) is 56.2 Å². The number of sulfonamides is 1. The van der Waals surface area contributed by atoms with Crippen molar-refractivity contribution in [1.82, 2.24) is 14.4 Å². The minimum atomic E-state index is -3.48. The highest BCUT2D eigenvalue weighted by Gasteiger charge is 2.27. The SMILES string of the molecule is Cc1cc(CSc2ncccc2C(=O)Nc2ccc(S(=O)(=O)N3CCCC3)cc2)no1. The summed E-state index contributed by atoms with van der Waals surface area (Å²) in [5, 5.41) is 7.34. The van der Waals surface area contributed by atoms with Crippen molar-refractivity contribution < 1.29 is 17.7 Å². The number of rotatable bonds is 7. The molecule has 0 bridgehead atoms. The predicted octanol–water partition coefficient (Wildman–Crippen LogP) is 3.71. The second kappa shape index (κ2) is 9.21. The Kier molecular flexibility index (Phi) is 6.40. The van der Waals surface area contributed by atoms with Crippen LogP contribution in [0.2, 0.25) is 0 Å². The number of aryl methyl sites for hydroxylation is 1. The maximum absolute atomic E-state index is 12.8. The molecule has 1 fully saturated rings. The number of amides is 1. The maximum Gasteiger partial charge on any atom is 0.258 e. The van der Waals surface area contributed by atoms with Crippen LogP contribution in [0.15, 0.2) is 63.1 Å². The lowest BCUT2D eigenvalue weighted by molar-refractivity contribution is 0.102. The number of carbonyl (C=O) groups excluding carboxylic acids is 1. The topological polar surface area (TPSA) is 105 Å². The second-order valence-corrected chi connectivity index (χ2v) is 10.1. The molecule has 31 heavy (non-hydrogen) atoms. The Bertz CT molecular complexity index is 1170. The van der Waals surface area contributed by atoms with E-state index in [0.717, 1.165) is 24.3 Å². The third kappa shape index (κ3) is 4.97. The molecule has 3 aromatic rings. The fourth-order valence-electron chi connectivity index (χ4n) is 3.29. The first-order valence-electron chi connectivity index (χ1n) is 9.85. The molecule has 8 nitrogen and oxygen atoms in total. The molecule has 0 saturated carbocycles. The summed E-state index contributed by atoms with van der Waals surface area (Å²) in [6.45, 7) is 2.93. The van der Waals surface area contributed by atoms with Crippen LogP contribution in [0.3, 0.4) is 0 Å². The Hall–Kier alpha value is -2.69. The Morgan fingerprint density at radius 3 is 2.61 bits per heavy atom. The first-order chi connectivity index (χ1) is 14.9. The van der Waals surface area contributed by atoms with E-state index < -0.39 is 10.0 Å². The molecule has 1 amide bonds. The van der Waals surface area contributed by atoms with Crippen molar-refractivity contribution >= 4 is 33.4 Å². The van der Waals surface area contributed by atoms with Crippen molar-refractivity contribution in [3.05, 3.63) is 65.7 Å². The van der Waals surface area contributed by atoms with Gasteiger partial charge in [0, 0.05) is 36.8 Å². The van der Waals surface area contributed by atoms with Gasteiger partial charge in [-0.2, -0.15) is 4.31 Å². The molecule has 0 unspecified atom stereocenters. The Balaban J connectivity index is 1.45. The quantitative estimate of drug-likeness (QED) is 0.538. The van der Waals surface area contributed by atoms with Crippen LogP contribution in [0.25, 0.3) is 0 Å². The highest BCUT2D eigenvalue weighted by Crippen LogP contribution is 2.26. The molecule has 3 heterocycles. The number of anilines is 1. The van der Waals surface area contributed by atoms with E-state index >= 15 is 0 Å². The zero-order chi connectivity index (χ0) is 21.8.